The van der Waals surface area contributed by atoms with Crippen molar-refractivity contribution in [2.24, 2.45) is 5.92 Å². The van der Waals surface area contributed by atoms with E-state index < -0.39 is 16.9 Å². The van der Waals surface area contributed by atoms with Gasteiger partial charge in [0, 0.05) is 37.2 Å². The summed E-state index contributed by atoms with van der Waals surface area (Å²) in [5.41, 5.74) is -0.0485. The summed E-state index contributed by atoms with van der Waals surface area (Å²) in [5.74, 6) is -0.327. The number of benzene rings is 1. The largest absolute Gasteiger partial charge is 0.487 e. The van der Waals surface area contributed by atoms with Crippen LogP contribution in [0.4, 0.5) is 5.69 Å². The van der Waals surface area contributed by atoms with Crippen LogP contribution in [-0.2, 0) is 0 Å². The molecule has 0 bridgehead atoms. The molecule has 2 atom stereocenters. The Morgan fingerprint density at radius 3 is 2.83 bits per heavy atom. The summed E-state index contributed by atoms with van der Waals surface area (Å²) >= 11 is 0. The fraction of sp³-hybridized carbons (Fsp3) is 0.500. The second-order valence-corrected chi connectivity index (χ2v) is 5.07. The van der Waals surface area contributed by atoms with E-state index in [1.54, 1.807) is 6.92 Å². The second-order valence-electron chi connectivity index (χ2n) is 5.07. The summed E-state index contributed by atoms with van der Waals surface area (Å²) in [5, 5.41) is 26.4. The van der Waals surface area contributed by atoms with Gasteiger partial charge in [0.05, 0.1) is 17.6 Å². The minimum Gasteiger partial charge on any atom is -0.487 e. The first-order valence-electron chi connectivity index (χ1n) is 7.11. The lowest BCUT2D eigenvalue weighted by atomic mass is 10.1. The number of β-amino-alcohol motifs (C(OH)–C–C–N with tert-alkyl or cyclic N) is 1. The minimum absolute atomic E-state index is 0. The number of halogens is 1. The highest BCUT2D eigenvalue weighted by atomic mass is 35.5. The lowest BCUT2D eigenvalue weighted by molar-refractivity contribution is -0.385. The van der Waals surface area contributed by atoms with Crippen LogP contribution in [0.1, 0.15) is 17.3 Å². The molecule has 1 aliphatic rings. The highest BCUT2D eigenvalue weighted by Gasteiger charge is 2.25. The standard InChI is InChI=1S/C14H19N3O5.ClH/c1-2-22-13-4-3-9(5-11(13)17(20)21)14(19)16-7-10-6-15-8-12(10)18;/h3-5,10,12,15,18H,2,6-8H2,1H3,(H,16,19);1H. The lowest BCUT2D eigenvalue weighted by Gasteiger charge is -2.14. The smallest absolute Gasteiger partial charge is 0.311 e. The van der Waals surface area contributed by atoms with E-state index in [-0.39, 0.29) is 35.3 Å². The molecule has 1 amide bonds. The van der Waals surface area contributed by atoms with Crippen molar-refractivity contribution < 1.29 is 19.6 Å². The Kier molecular flexibility index (Phi) is 7.21. The maximum absolute atomic E-state index is 12.1. The van der Waals surface area contributed by atoms with Crippen LogP contribution in [0.5, 0.6) is 5.75 Å². The van der Waals surface area contributed by atoms with E-state index in [9.17, 15) is 20.0 Å². The van der Waals surface area contributed by atoms with Crippen LogP contribution >= 0.6 is 12.4 Å². The number of nitro groups is 1. The molecule has 0 spiro atoms. The quantitative estimate of drug-likeness (QED) is 0.517. The van der Waals surface area contributed by atoms with E-state index >= 15 is 0 Å². The van der Waals surface area contributed by atoms with Gasteiger partial charge in [0.2, 0.25) is 0 Å². The van der Waals surface area contributed by atoms with Crippen LogP contribution < -0.4 is 15.4 Å². The Bertz CT molecular complexity index is 569. The van der Waals surface area contributed by atoms with Gasteiger partial charge in [-0.3, -0.25) is 14.9 Å². The second kappa shape index (κ2) is 8.66. The van der Waals surface area contributed by atoms with E-state index in [0.717, 1.165) is 0 Å². The molecule has 9 heteroatoms. The first-order valence-corrected chi connectivity index (χ1v) is 7.11. The van der Waals surface area contributed by atoms with Gasteiger partial charge in [-0.25, -0.2) is 0 Å². The van der Waals surface area contributed by atoms with Crippen molar-refractivity contribution in [2.75, 3.05) is 26.2 Å². The average Bonchev–Trinajstić information content (AvgIpc) is 2.90. The third-order valence-corrected chi connectivity index (χ3v) is 3.55. The summed E-state index contributed by atoms with van der Waals surface area (Å²) in [6.45, 7) is 3.48. The van der Waals surface area contributed by atoms with E-state index in [0.29, 0.717) is 26.2 Å². The summed E-state index contributed by atoms with van der Waals surface area (Å²) in [4.78, 5) is 22.5. The lowest BCUT2D eigenvalue weighted by Crippen LogP contribution is -2.34. The molecule has 128 valence electrons. The molecule has 0 aromatic heterocycles. The summed E-state index contributed by atoms with van der Waals surface area (Å²) in [6.07, 6.45) is -0.491. The van der Waals surface area contributed by atoms with Crippen LogP contribution in [0.2, 0.25) is 0 Å². The number of nitro benzene ring substituents is 1. The van der Waals surface area contributed by atoms with Crippen LogP contribution in [0.3, 0.4) is 0 Å². The predicted octanol–water partition coefficient (Wildman–Crippen LogP) is 0.725. The van der Waals surface area contributed by atoms with Crippen molar-refractivity contribution in [3.8, 4) is 5.75 Å². The normalized spacial score (nSPS) is 19.7. The minimum atomic E-state index is -0.577. The number of amides is 1. The molecule has 0 radical (unpaired) electrons. The molecule has 1 aromatic carbocycles. The molecule has 8 nitrogen and oxygen atoms in total. The molecule has 3 N–H and O–H groups in total. The van der Waals surface area contributed by atoms with Gasteiger partial charge in [-0.1, -0.05) is 0 Å². The third-order valence-electron chi connectivity index (χ3n) is 3.55. The molecule has 0 aliphatic carbocycles. The number of carbonyl (C=O) groups excluding carboxylic acids is 1. The SMILES string of the molecule is CCOc1ccc(C(=O)NCC2CNCC2O)cc1[N+](=O)[O-].Cl. The Hall–Kier alpha value is -1.90. The van der Waals surface area contributed by atoms with Crippen LogP contribution in [-0.4, -0.2) is 48.3 Å². The number of nitrogens with one attached hydrogen (secondary N) is 2. The predicted molar refractivity (Wildman–Crippen MR) is 86.2 cm³/mol. The Morgan fingerprint density at radius 1 is 1.52 bits per heavy atom. The number of ether oxygens (including phenoxy) is 1. The molecule has 23 heavy (non-hydrogen) atoms. The van der Waals surface area contributed by atoms with Crippen molar-refractivity contribution >= 4 is 24.0 Å². The van der Waals surface area contributed by atoms with E-state index in [1.807, 2.05) is 0 Å². The monoisotopic (exact) mass is 345 g/mol. The van der Waals surface area contributed by atoms with Crippen LogP contribution in [0.25, 0.3) is 0 Å². The van der Waals surface area contributed by atoms with Crippen molar-refractivity contribution in [1.29, 1.82) is 0 Å². The van der Waals surface area contributed by atoms with Crippen molar-refractivity contribution in [3.05, 3.63) is 33.9 Å². The van der Waals surface area contributed by atoms with Gasteiger partial charge in [-0.2, -0.15) is 0 Å². The molecule has 1 saturated heterocycles. The zero-order valence-electron chi connectivity index (χ0n) is 12.7. The van der Waals surface area contributed by atoms with Crippen molar-refractivity contribution in [1.82, 2.24) is 10.6 Å². The van der Waals surface area contributed by atoms with Crippen LogP contribution in [0, 0.1) is 16.0 Å². The number of hydrogen-bond donors (Lipinski definition) is 3. The topological polar surface area (TPSA) is 114 Å². The maximum Gasteiger partial charge on any atom is 0.311 e. The third kappa shape index (κ3) is 4.78. The molecule has 1 heterocycles. The highest BCUT2D eigenvalue weighted by molar-refractivity contribution is 5.95. The number of rotatable bonds is 6. The summed E-state index contributed by atoms with van der Waals surface area (Å²) < 4.78 is 5.17. The molecular formula is C14H20ClN3O5. The molecule has 1 aromatic rings. The fourth-order valence-electron chi connectivity index (χ4n) is 2.33. The molecule has 0 saturated carbocycles. The first kappa shape index (κ1) is 19.1. The van der Waals surface area contributed by atoms with E-state index in [1.165, 1.54) is 18.2 Å². The molecule has 1 aliphatic heterocycles. The number of carbonyl (C=O) groups is 1. The number of aliphatic hydroxyl groups excluding tert-OH is 1. The summed E-state index contributed by atoms with van der Waals surface area (Å²) in [7, 11) is 0. The molecular weight excluding hydrogens is 326 g/mol. The fourth-order valence-corrected chi connectivity index (χ4v) is 2.33. The number of nitrogens with zero attached hydrogens (tertiary/aromatic N) is 1. The van der Waals surface area contributed by atoms with E-state index in [4.69, 9.17) is 4.74 Å². The Morgan fingerprint density at radius 2 is 2.26 bits per heavy atom. The van der Waals surface area contributed by atoms with Gasteiger partial charge in [0.1, 0.15) is 0 Å². The highest BCUT2D eigenvalue weighted by Crippen LogP contribution is 2.27. The van der Waals surface area contributed by atoms with Crippen LogP contribution in [0.15, 0.2) is 18.2 Å². The van der Waals surface area contributed by atoms with Gasteiger partial charge in [-0.15, -0.1) is 12.4 Å². The van der Waals surface area contributed by atoms with Gasteiger partial charge in [0.25, 0.3) is 5.91 Å². The molecule has 2 rings (SSSR count). The zero-order chi connectivity index (χ0) is 16.1. The van der Waals surface area contributed by atoms with Gasteiger partial charge < -0.3 is 20.5 Å². The molecule has 2 unspecified atom stereocenters. The Labute approximate surface area is 139 Å². The number of aliphatic hydroxyl groups is 1. The van der Waals surface area contributed by atoms with Gasteiger partial charge in [-0.05, 0) is 19.1 Å². The number of hydrogen-bond acceptors (Lipinski definition) is 6. The maximum atomic E-state index is 12.1. The van der Waals surface area contributed by atoms with Gasteiger partial charge >= 0.3 is 5.69 Å². The zero-order valence-corrected chi connectivity index (χ0v) is 13.5. The van der Waals surface area contributed by atoms with Gasteiger partial charge in [0.15, 0.2) is 5.75 Å². The van der Waals surface area contributed by atoms with Crippen molar-refractivity contribution in [3.63, 3.8) is 0 Å². The molecule has 1 fully saturated rings. The van der Waals surface area contributed by atoms with Crippen molar-refractivity contribution in [2.45, 2.75) is 13.0 Å². The Balaban J connectivity index is 0.00000264. The van der Waals surface area contributed by atoms with E-state index in [2.05, 4.69) is 10.6 Å². The first-order chi connectivity index (χ1) is 10.5. The summed E-state index contributed by atoms with van der Waals surface area (Å²) in [6, 6.07) is 4.10. The average molecular weight is 346 g/mol.